The first-order chi connectivity index (χ1) is 8.05. The van der Waals surface area contributed by atoms with Crippen molar-refractivity contribution >= 4 is 21.0 Å². The Kier molecular flexibility index (Phi) is 2.27. The van der Waals surface area contributed by atoms with Gasteiger partial charge in [0.15, 0.2) is 0 Å². The van der Waals surface area contributed by atoms with Crippen LogP contribution in [0.1, 0.15) is 24.1 Å². The molecule has 90 valence electrons. The molecule has 5 heteroatoms. The van der Waals surface area contributed by atoms with Crippen molar-refractivity contribution in [2.45, 2.75) is 30.6 Å². The van der Waals surface area contributed by atoms with Gasteiger partial charge in [-0.1, -0.05) is 0 Å². The third-order valence-corrected chi connectivity index (χ3v) is 4.22. The highest BCUT2D eigenvalue weighted by atomic mass is 32.2. The van der Waals surface area contributed by atoms with E-state index in [0.29, 0.717) is 0 Å². The summed E-state index contributed by atoms with van der Waals surface area (Å²) >= 11 is 0. The number of benzene rings is 1. The summed E-state index contributed by atoms with van der Waals surface area (Å²) in [5.41, 5.74) is 3.36. The van der Waals surface area contributed by atoms with Gasteiger partial charge in [0.2, 0.25) is 0 Å². The van der Waals surface area contributed by atoms with Crippen LogP contribution in [0.25, 0.3) is 10.9 Å². The maximum atomic E-state index is 11.1. The van der Waals surface area contributed by atoms with Gasteiger partial charge in [-0.3, -0.25) is 4.55 Å². The number of aromatic amines is 1. The van der Waals surface area contributed by atoms with Crippen molar-refractivity contribution in [2.75, 3.05) is 0 Å². The molecule has 1 heterocycles. The van der Waals surface area contributed by atoms with Crippen molar-refractivity contribution in [3.8, 4) is 0 Å². The van der Waals surface area contributed by atoms with E-state index in [-0.39, 0.29) is 4.90 Å². The minimum atomic E-state index is -4.11. The largest absolute Gasteiger partial charge is 0.358 e. The van der Waals surface area contributed by atoms with Gasteiger partial charge in [-0.2, -0.15) is 8.42 Å². The molecule has 3 rings (SSSR count). The summed E-state index contributed by atoms with van der Waals surface area (Å²) in [6.07, 6.45) is 4.30. The van der Waals surface area contributed by atoms with E-state index in [1.165, 1.54) is 23.7 Å². The molecule has 0 radical (unpaired) electrons. The molecule has 1 aliphatic carbocycles. The lowest BCUT2D eigenvalue weighted by Crippen LogP contribution is -2.00. The second-order valence-corrected chi connectivity index (χ2v) is 5.89. The fourth-order valence-corrected chi connectivity index (χ4v) is 3.05. The van der Waals surface area contributed by atoms with Crippen molar-refractivity contribution in [1.29, 1.82) is 0 Å². The van der Waals surface area contributed by atoms with Gasteiger partial charge in [-0.25, -0.2) is 0 Å². The molecule has 2 aromatic rings. The number of nitrogens with one attached hydrogen (secondary N) is 1. The molecule has 1 aromatic carbocycles. The Hall–Kier alpha value is -1.33. The first kappa shape index (κ1) is 10.8. The average Bonchev–Trinajstić information content (AvgIpc) is 2.65. The van der Waals surface area contributed by atoms with Crippen LogP contribution >= 0.6 is 0 Å². The zero-order valence-corrected chi connectivity index (χ0v) is 10.0. The zero-order chi connectivity index (χ0) is 12.0. The van der Waals surface area contributed by atoms with Crippen LogP contribution in [0.5, 0.6) is 0 Å². The van der Waals surface area contributed by atoms with Gasteiger partial charge in [0.25, 0.3) is 10.1 Å². The fraction of sp³-hybridized carbons (Fsp3) is 0.333. The van der Waals surface area contributed by atoms with Crippen LogP contribution in [-0.2, 0) is 23.0 Å². The maximum Gasteiger partial charge on any atom is 0.294 e. The minimum Gasteiger partial charge on any atom is -0.358 e. The normalized spacial score (nSPS) is 16.1. The highest BCUT2D eigenvalue weighted by Crippen LogP contribution is 2.30. The predicted octanol–water partition coefficient (Wildman–Crippen LogP) is 2.29. The lowest BCUT2D eigenvalue weighted by atomic mass is 9.96. The molecule has 4 nitrogen and oxygen atoms in total. The molecule has 2 N–H and O–H groups in total. The van der Waals surface area contributed by atoms with Crippen molar-refractivity contribution in [1.82, 2.24) is 4.98 Å². The van der Waals surface area contributed by atoms with E-state index in [1.54, 1.807) is 12.1 Å². The molecule has 0 unspecified atom stereocenters. The molecule has 0 saturated heterocycles. The summed E-state index contributed by atoms with van der Waals surface area (Å²) < 4.78 is 31.3. The standard InChI is InChI=1S/C12H13NO3S/c14-17(15,16)8-5-6-12-10(7-8)9-3-1-2-4-11(9)13-12/h5-7,13H,1-4H2,(H,14,15,16). The van der Waals surface area contributed by atoms with Gasteiger partial charge in [0, 0.05) is 16.6 Å². The lowest BCUT2D eigenvalue weighted by molar-refractivity contribution is 0.483. The number of aryl methyl sites for hydroxylation is 2. The van der Waals surface area contributed by atoms with Crippen LogP contribution in [0.15, 0.2) is 23.1 Å². The molecule has 1 aliphatic rings. The second-order valence-electron chi connectivity index (χ2n) is 4.47. The van der Waals surface area contributed by atoms with Crippen molar-refractivity contribution in [3.05, 3.63) is 29.5 Å². The third kappa shape index (κ3) is 1.75. The predicted molar refractivity (Wildman–Crippen MR) is 64.8 cm³/mol. The van der Waals surface area contributed by atoms with Crippen LogP contribution < -0.4 is 0 Å². The Labute approximate surface area is 99.4 Å². The van der Waals surface area contributed by atoms with E-state index in [9.17, 15) is 8.42 Å². The highest BCUT2D eigenvalue weighted by Gasteiger charge is 2.17. The van der Waals surface area contributed by atoms with Gasteiger partial charge in [-0.15, -0.1) is 0 Å². The number of fused-ring (bicyclic) bond motifs is 3. The quantitative estimate of drug-likeness (QED) is 0.764. The van der Waals surface area contributed by atoms with E-state index in [1.807, 2.05) is 0 Å². The molecule has 0 saturated carbocycles. The summed E-state index contributed by atoms with van der Waals surface area (Å²) in [7, 11) is -4.11. The van der Waals surface area contributed by atoms with E-state index < -0.39 is 10.1 Å². The van der Waals surface area contributed by atoms with Crippen LogP contribution in [0, 0.1) is 0 Å². The SMILES string of the molecule is O=S(=O)(O)c1ccc2[nH]c3c(c2c1)CCCC3. The maximum absolute atomic E-state index is 11.1. The Morgan fingerprint density at radius 3 is 2.71 bits per heavy atom. The van der Waals surface area contributed by atoms with Gasteiger partial charge in [0.1, 0.15) is 0 Å². The Morgan fingerprint density at radius 2 is 1.94 bits per heavy atom. The van der Waals surface area contributed by atoms with Crippen molar-refractivity contribution < 1.29 is 13.0 Å². The monoisotopic (exact) mass is 251 g/mol. The summed E-state index contributed by atoms with van der Waals surface area (Å²) in [6.45, 7) is 0. The molecular weight excluding hydrogens is 238 g/mol. The van der Waals surface area contributed by atoms with Crippen molar-refractivity contribution in [3.63, 3.8) is 0 Å². The second kappa shape index (κ2) is 3.58. The molecule has 0 bridgehead atoms. The summed E-state index contributed by atoms with van der Waals surface area (Å²) in [6, 6.07) is 4.71. The molecule has 0 atom stereocenters. The summed E-state index contributed by atoms with van der Waals surface area (Å²) in [4.78, 5) is 3.29. The molecule has 1 aromatic heterocycles. The Morgan fingerprint density at radius 1 is 1.18 bits per heavy atom. The van der Waals surface area contributed by atoms with Crippen LogP contribution in [0.3, 0.4) is 0 Å². The molecule has 0 aliphatic heterocycles. The van der Waals surface area contributed by atoms with Gasteiger partial charge in [-0.05, 0) is 49.4 Å². The van der Waals surface area contributed by atoms with E-state index in [4.69, 9.17) is 4.55 Å². The average molecular weight is 251 g/mol. The molecular formula is C12H13NO3S. The fourth-order valence-electron chi connectivity index (χ4n) is 2.55. The number of H-pyrrole nitrogens is 1. The highest BCUT2D eigenvalue weighted by molar-refractivity contribution is 7.85. The first-order valence-electron chi connectivity index (χ1n) is 5.67. The third-order valence-electron chi connectivity index (χ3n) is 3.37. The van der Waals surface area contributed by atoms with Crippen LogP contribution in [-0.4, -0.2) is 18.0 Å². The van der Waals surface area contributed by atoms with Gasteiger partial charge >= 0.3 is 0 Å². The van der Waals surface area contributed by atoms with E-state index in [0.717, 1.165) is 30.2 Å². The smallest absolute Gasteiger partial charge is 0.294 e. The first-order valence-corrected chi connectivity index (χ1v) is 7.11. The molecule has 0 fully saturated rings. The Balaban J connectivity index is 2.28. The number of hydrogen-bond donors (Lipinski definition) is 2. The van der Waals surface area contributed by atoms with Gasteiger partial charge in [0.05, 0.1) is 4.90 Å². The van der Waals surface area contributed by atoms with Crippen LogP contribution in [0.4, 0.5) is 0 Å². The zero-order valence-electron chi connectivity index (χ0n) is 9.23. The molecule has 0 spiro atoms. The topological polar surface area (TPSA) is 70.2 Å². The summed E-state index contributed by atoms with van der Waals surface area (Å²) in [5.74, 6) is 0. The molecule has 0 amide bonds. The number of aromatic nitrogens is 1. The lowest BCUT2D eigenvalue weighted by Gasteiger charge is -2.10. The van der Waals surface area contributed by atoms with Crippen molar-refractivity contribution in [2.24, 2.45) is 0 Å². The van der Waals surface area contributed by atoms with Crippen LogP contribution in [0.2, 0.25) is 0 Å². The van der Waals surface area contributed by atoms with E-state index >= 15 is 0 Å². The Bertz CT molecular complexity index is 685. The minimum absolute atomic E-state index is 0.0302. The summed E-state index contributed by atoms with van der Waals surface area (Å²) in [5, 5.41) is 0.926. The van der Waals surface area contributed by atoms with Gasteiger partial charge < -0.3 is 4.98 Å². The van der Waals surface area contributed by atoms with E-state index in [2.05, 4.69) is 4.98 Å². The number of rotatable bonds is 1. The molecule has 17 heavy (non-hydrogen) atoms. The number of hydrogen-bond acceptors (Lipinski definition) is 2.